The SMILES string of the molecule is Cc1oc(CNc2ccc(Cl)c(F)c2)cc1C(=O)O. The summed E-state index contributed by atoms with van der Waals surface area (Å²) in [6.45, 7) is 1.84. The highest BCUT2D eigenvalue weighted by atomic mass is 35.5. The van der Waals surface area contributed by atoms with Crippen LogP contribution < -0.4 is 5.32 Å². The number of aryl methyl sites for hydroxylation is 1. The Balaban J connectivity index is 2.08. The molecule has 0 aliphatic carbocycles. The summed E-state index contributed by atoms with van der Waals surface area (Å²) < 4.78 is 18.5. The summed E-state index contributed by atoms with van der Waals surface area (Å²) in [5.74, 6) is -0.754. The molecule has 1 heterocycles. The number of carboxylic acid groups (broad SMARTS) is 1. The highest BCUT2D eigenvalue weighted by Gasteiger charge is 2.13. The molecule has 0 fully saturated rings. The highest BCUT2D eigenvalue weighted by molar-refractivity contribution is 6.30. The van der Waals surface area contributed by atoms with E-state index in [4.69, 9.17) is 21.1 Å². The molecular weight excluding hydrogens is 273 g/mol. The molecule has 0 saturated heterocycles. The Labute approximate surface area is 113 Å². The summed E-state index contributed by atoms with van der Waals surface area (Å²) in [7, 11) is 0. The number of aromatic carboxylic acids is 1. The molecule has 0 aliphatic rings. The first-order chi connectivity index (χ1) is 8.97. The maximum Gasteiger partial charge on any atom is 0.339 e. The van der Waals surface area contributed by atoms with Crippen molar-refractivity contribution in [2.24, 2.45) is 0 Å². The molecule has 1 aromatic carbocycles. The molecule has 0 atom stereocenters. The van der Waals surface area contributed by atoms with Crippen LogP contribution in [0, 0.1) is 12.7 Å². The van der Waals surface area contributed by atoms with Gasteiger partial charge in [0.15, 0.2) is 0 Å². The molecule has 0 bridgehead atoms. The summed E-state index contributed by atoms with van der Waals surface area (Å²) >= 11 is 5.57. The minimum atomic E-state index is -1.04. The van der Waals surface area contributed by atoms with Crippen molar-refractivity contribution in [3.63, 3.8) is 0 Å². The first-order valence-electron chi connectivity index (χ1n) is 5.49. The van der Waals surface area contributed by atoms with Gasteiger partial charge >= 0.3 is 5.97 Å². The summed E-state index contributed by atoms with van der Waals surface area (Å²) in [4.78, 5) is 10.8. The number of carboxylic acids is 1. The van der Waals surface area contributed by atoms with E-state index >= 15 is 0 Å². The standard InChI is InChI=1S/C13H11ClFNO3/c1-7-10(13(17)18)5-9(19-7)6-16-8-2-3-11(14)12(15)4-8/h2-5,16H,6H2,1H3,(H,17,18). The highest BCUT2D eigenvalue weighted by Crippen LogP contribution is 2.20. The fraction of sp³-hybridized carbons (Fsp3) is 0.154. The van der Waals surface area contributed by atoms with Gasteiger partial charge in [-0.1, -0.05) is 11.6 Å². The number of nitrogens with one attached hydrogen (secondary N) is 1. The molecule has 2 aromatic rings. The van der Waals surface area contributed by atoms with Crippen molar-refractivity contribution in [2.75, 3.05) is 5.32 Å². The second kappa shape index (κ2) is 5.32. The number of furan rings is 1. The van der Waals surface area contributed by atoms with Crippen molar-refractivity contribution < 1.29 is 18.7 Å². The van der Waals surface area contributed by atoms with E-state index in [2.05, 4.69) is 5.32 Å². The summed E-state index contributed by atoms with van der Waals surface area (Å²) in [5, 5.41) is 11.9. The number of hydrogen-bond acceptors (Lipinski definition) is 3. The van der Waals surface area contributed by atoms with Gasteiger partial charge in [-0.15, -0.1) is 0 Å². The predicted octanol–water partition coefficient (Wildman–Crippen LogP) is 3.69. The third-order valence-electron chi connectivity index (χ3n) is 2.59. The van der Waals surface area contributed by atoms with E-state index in [-0.39, 0.29) is 17.1 Å². The molecule has 19 heavy (non-hydrogen) atoms. The van der Waals surface area contributed by atoms with Gasteiger partial charge in [-0.05, 0) is 31.2 Å². The zero-order chi connectivity index (χ0) is 14.0. The smallest absolute Gasteiger partial charge is 0.339 e. The van der Waals surface area contributed by atoms with Crippen LogP contribution in [0.5, 0.6) is 0 Å². The maximum atomic E-state index is 13.2. The third kappa shape index (κ3) is 3.06. The molecule has 4 nitrogen and oxygen atoms in total. The molecule has 0 amide bonds. The molecule has 1 aromatic heterocycles. The van der Waals surface area contributed by atoms with Gasteiger partial charge in [-0.3, -0.25) is 0 Å². The van der Waals surface area contributed by atoms with E-state index in [1.807, 2.05) is 0 Å². The van der Waals surface area contributed by atoms with Gasteiger partial charge in [0, 0.05) is 5.69 Å². The van der Waals surface area contributed by atoms with Crippen LogP contribution in [0.15, 0.2) is 28.7 Å². The number of halogens is 2. The molecule has 6 heteroatoms. The summed E-state index contributed by atoms with van der Waals surface area (Å²) in [6.07, 6.45) is 0. The van der Waals surface area contributed by atoms with Gasteiger partial charge in [-0.25, -0.2) is 9.18 Å². The van der Waals surface area contributed by atoms with E-state index in [0.29, 0.717) is 17.2 Å². The lowest BCUT2D eigenvalue weighted by molar-refractivity contribution is 0.0695. The van der Waals surface area contributed by atoms with E-state index in [0.717, 1.165) is 0 Å². The first-order valence-corrected chi connectivity index (χ1v) is 5.86. The summed E-state index contributed by atoms with van der Waals surface area (Å²) in [6, 6.07) is 5.77. The number of carbonyl (C=O) groups is 1. The fourth-order valence-corrected chi connectivity index (χ4v) is 1.76. The Morgan fingerprint density at radius 3 is 2.79 bits per heavy atom. The van der Waals surface area contributed by atoms with Gasteiger partial charge in [-0.2, -0.15) is 0 Å². The van der Waals surface area contributed by atoms with Crippen LogP contribution in [0.4, 0.5) is 10.1 Å². The second-order valence-corrected chi connectivity index (χ2v) is 4.38. The van der Waals surface area contributed by atoms with Crippen LogP contribution in [-0.2, 0) is 6.54 Å². The molecule has 2 N–H and O–H groups in total. The topological polar surface area (TPSA) is 62.5 Å². The molecule has 0 radical (unpaired) electrons. The molecule has 2 rings (SSSR count). The fourth-order valence-electron chi connectivity index (χ4n) is 1.64. The number of anilines is 1. The van der Waals surface area contributed by atoms with Crippen molar-refractivity contribution in [1.82, 2.24) is 0 Å². The summed E-state index contributed by atoms with van der Waals surface area (Å²) in [5.41, 5.74) is 0.659. The lowest BCUT2D eigenvalue weighted by Crippen LogP contribution is -1.99. The van der Waals surface area contributed by atoms with E-state index in [1.54, 1.807) is 13.0 Å². The van der Waals surface area contributed by atoms with Crippen LogP contribution >= 0.6 is 11.6 Å². The number of hydrogen-bond donors (Lipinski definition) is 2. The quantitative estimate of drug-likeness (QED) is 0.898. The van der Waals surface area contributed by atoms with Crippen molar-refractivity contribution >= 4 is 23.3 Å². The van der Waals surface area contributed by atoms with E-state index in [9.17, 15) is 9.18 Å². The molecule has 0 saturated carbocycles. The molecule has 0 aliphatic heterocycles. The Morgan fingerprint density at radius 1 is 1.47 bits per heavy atom. The Hall–Kier alpha value is -2.01. The monoisotopic (exact) mass is 283 g/mol. The van der Waals surface area contributed by atoms with Crippen LogP contribution in [0.25, 0.3) is 0 Å². The molecule has 0 unspecified atom stereocenters. The van der Waals surface area contributed by atoms with E-state index in [1.165, 1.54) is 18.2 Å². The van der Waals surface area contributed by atoms with Gasteiger partial charge in [0.25, 0.3) is 0 Å². The van der Waals surface area contributed by atoms with E-state index < -0.39 is 11.8 Å². The second-order valence-electron chi connectivity index (χ2n) is 3.97. The van der Waals surface area contributed by atoms with Crippen LogP contribution in [0.2, 0.25) is 5.02 Å². The third-order valence-corrected chi connectivity index (χ3v) is 2.89. The molecular formula is C13H11ClFNO3. The lowest BCUT2D eigenvalue weighted by Gasteiger charge is -2.04. The predicted molar refractivity (Wildman–Crippen MR) is 69.1 cm³/mol. The van der Waals surface area contributed by atoms with Gasteiger partial charge in [0.2, 0.25) is 0 Å². The van der Waals surface area contributed by atoms with Gasteiger partial charge in [0.1, 0.15) is 22.9 Å². The zero-order valence-electron chi connectivity index (χ0n) is 10.0. The minimum Gasteiger partial charge on any atom is -0.478 e. The molecule has 0 spiro atoms. The van der Waals surface area contributed by atoms with Gasteiger partial charge in [0.05, 0.1) is 11.6 Å². The number of rotatable bonds is 4. The van der Waals surface area contributed by atoms with Crippen LogP contribution in [-0.4, -0.2) is 11.1 Å². The largest absolute Gasteiger partial charge is 0.478 e. The zero-order valence-corrected chi connectivity index (χ0v) is 10.8. The van der Waals surface area contributed by atoms with Crippen molar-refractivity contribution in [3.05, 3.63) is 52.2 Å². The van der Waals surface area contributed by atoms with Crippen LogP contribution in [0.1, 0.15) is 21.9 Å². The normalized spacial score (nSPS) is 10.5. The molecule has 100 valence electrons. The maximum absolute atomic E-state index is 13.2. The van der Waals surface area contributed by atoms with Crippen molar-refractivity contribution in [3.8, 4) is 0 Å². The Kier molecular flexibility index (Phi) is 3.76. The lowest BCUT2D eigenvalue weighted by atomic mass is 10.2. The van der Waals surface area contributed by atoms with Crippen molar-refractivity contribution in [2.45, 2.75) is 13.5 Å². The first kappa shape index (κ1) is 13.4. The average Bonchev–Trinajstić information content (AvgIpc) is 2.72. The Morgan fingerprint density at radius 2 is 2.21 bits per heavy atom. The average molecular weight is 284 g/mol. The van der Waals surface area contributed by atoms with Gasteiger partial charge < -0.3 is 14.8 Å². The number of benzene rings is 1. The minimum absolute atomic E-state index is 0.0487. The van der Waals surface area contributed by atoms with Crippen molar-refractivity contribution in [1.29, 1.82) is 0 Å². The van der Waals surface area contributed by atoms with Crippen LogP contribution in [0.3, 0.4) is 0 Å². The Bertz CT molecular complexity index is 624.